The molecule has 0 atom stereocenters. The first-order valence-corrected chi connectivity index (χ1v) is 5.17. The van der Waals surface area contributed by atoms with Crippen molar-refractivity contribution < 1.29 is 4.74 Å². The average Bonchev–Trinajstić information content (AvgIpc) is 2.14. The molecule has 14 heavy (non-hydrogen) atoms. The molecule has 0 aliphatic rings. The molecule has 0 saturated carbocycles. The molecule has 1 rings (SSSR count). The summed E-state index contributed by atoms with van der Waals surface area (Å²) < 4.78 is 4.94. The zero-order valence-corrected chi connectivity index (χ0v) is 9.31. The lowest BCUT2D eigenvalue weighted by Crippen LogP contribution is -1.95. The highest BCUT2D eigenvalue weighted by Gasteiger charge is 2.08. The van der Waals surface area contributed by atoms with Crippen LogP contribution in [0.3, 0.4) is 0 Å². The monoisotopic (exact) mass is 208 g/mol. The summed E-state index contributed by atoms with van der Waals surface area (Å²) in [6.07, 6.45) is 0. The van der Waals surface area contributed by atoms with Crippen LogP contribution in [0.15, 0.2) is 11.1 Å². The maximum absolute atomic E-state index is 8.95. The van der Waals surface area contributed by atoms with Gasteiger partial charge in [0.25, 0.3) is 0 Å². The highest BCUT2D eigenvalue weighted by molar-refractivity contribution is 7.99. The lowest BCUT2D eigenvalue weighted by atomic mass is 10.1. The number of hydrogen-bond donors (Lipinski definition) is 0. The van der Waals surface area contributed by atoms with Gasteiger partial charge in [-0.15, -0.1) is 0 Å². The lowest BCUT2D eigenvalue weighted by molar-refractivity contribution is 0.258. The van der Waals surface area contributed by atoms with E-state index in [2.05, 4.69) is 11.1 Å². The third-order valence-corrected chi connectivity index (χ3v) is 2.66. The van der Waals surface area contributed by atoms with E-state index in [-0.39, 0.29) is 0 Å². The van der Waals surface area contributed by atoms with Gasteiger partial charge in [0.1, 0.15) is 11.1 Å². The van der Waals surface area contributed by atoms with Crippen LogP contribution in [0, 0.1) is 25.2 Å². The summed E-state index contributed by atoms with van der Waals surface area (Å²) in [4.78, 5) is 4.30. The molecule has 1 aromatic heterocycles. The molecular weight excluding hydrogens is 196 g/mol. The van der Waals surface area contributed by atoms with Crippen LogP contribution in [-0.4, -0.2) is 18.0 Å². The van der Waals surface area contributed by atoms with E-state index in [9.17, 15) is 0 Å². The fourth-order valence-electron chi connectivity index (χ4n) is 1.16. The average molecular weight is 208 g/mol. The third kappa shape index (κ3) is 2.47. The standard InChI is InChI=1S/C10H12N2OS/c1-7-4-8(2)12-10(9(7)5-11)14-6-13-3/h4H,6H2,1-3H3. The first-order valence-electron chi connectivity index (χ1n) is 4.19. The second-order valence-electron chi connectivity index (χ2n) is 2.92. The molecule has 0 N–H and O–H groups in total. The molecule has 0 aliphatic heterocycles. The van der Waals surface area contributed by atoms with Gasteiger partial charge in [0, 0.05) is 12.8 Å². The van der Waals surface area contributed by atoms with E-state index in [1.807, 2.05) is 19.9 Å². The van der Waals surface area contributed by atoms with Crippen molar-refractivity contribution in [1.29, 1.82) is 5.26 Å². The second kappa shape index (κ2) is 4.99. The van der Waals surface area contributed by atoms with Gasteiger partial charge in [0.05, 0.1) is 11.5 Å². The van der Waals surface area contributed by atoms with Crippen molar-refractivity contribution in [3.8, 4) is 6.07 Å². The van der Waals surface area contributed by atoms with Crippen LogP contribution >= 0.6 is 11.8 Å². The molecular formula is C10H12N2OS. The number of nitrogens with zero attached hydrogens (tertiary/aromatic N) is 2. The summed E-state index contributed by atoms with van der Waals surface area (Å²) >= 11 is 1.44. The molecule has 0 unspecified atom stereocenters. The Morgan fingerprint density at radius 3 is 2.86 bits per heavy atom. The Morgan fingerprint density at radius 1 is 1.57 bits per heavy atom. The predicted molar refractivity (Wildman–Crippen MR) is 56.2 cm³/mol. The fraction of sp³-hybridized carbons (Fsp3) is 0.400. The maximum Gasteiger partial charge on any atom is 0.117 e. The topological polar surface area (TPSA) is 45.9 Å². The highest BCUT2D eigenvalue weighted by Crippen LogP contribution is 2.23. The van der Waals surface area contributed by atoms with Gasteiger partial charge in [0.2, 0.25) is 0 Å². The molecule has 0 amide bonds. The van der Waals surface area contributed by atoms with Crippen LogP contribution in [0.1, 0.15) is 16.8 Å². The molecule has 0 spiro atoms. The Labute approximate surface area is 88.1 Å². The Balaban J connectivity index is 3.07. The largest absolute Gasteiger partial charge is 0.374 e. The minimum atomic E-state index is 0.518. The van der Waals surface area contributed by atoms with E-state index in [1.165, 1.54) is 11.8 Å². The molecule has 0 aliphatic carbocycles. The van der Waals surface area contributed by atoms with Crippen molar-refractivity contribution in [3.63, 3.8) is 0 Å². The number of methoxy groups -OCH3 is 1. The molecule has 0 saturated heterocycles. The molecule has 0 bridgehead atoms. The highest BCUT2D eigenvalue weighted by atomic mass is 32.2. The number of rotatable bonds is 3. The number of aromatic nitrogens is 1. The van der Waals surface area contributed by atoms with Crippen molar-refractivity contribution in [3.05, 3.63) is 22.9 Å². The molecule has 0 aromatic carbocycles. The number of hydrogen-bond acceptors (Lipinski definition) is 4. The molecule has 1 aromatic rings. The molecule has 1 heterocycles. The molecule has 3 nitrogen and oxygen atoms in total. The quantitative estimate of drug-likeness (QED) is 0.564. The van der Waals surface area contributed by atoms with E-state index in [0.717, 1.165) is 16.3 Å². The van der Waals surface area contributed by atoms with Crippen molar-refractivity contribution in [2.75, 3.05) is 13.0 Å². The molecule has 0 radical (unpaired) electrons. The Bertz CT molecular complexity index is 371. The van der Waals surface area contributed by atoms with Crippen LogP contribution < -0.4 is 0 Å². The van der Waals surface area contributed by atoms with Crippen LogP contribution in [0.4, 0.5) is 0 Å². The SMILES string of the molecule is COCSc1nc(C)cc(C)c1C#N. The zero-order valence-electron chi connectivity index (χ0n) is 8.50. The summed E-state index contributed by atoms with van der Waals surface area (Å²) in [5, 5.41) is 9.70. The van der Waals surface area contributed by atoms with Crippen LogP contribution in [-0.2, 0) is 4.74 Å². The summed E-state index contributed by atoms with van der Waals surface area (Å²) in [6, 6.07) is 4.07. The maximum atomic E-state index is 8.95. The van der Waals surface area contributed by atoms with Gasteiger partial charge in [-0.25, -0.2) is 4.98 Å². The minimum absolute atomic E-state index is 0.518. The van der Waals surface area contributed by atoms with Gasteiger partial charge in [-0.1, -0.05) is 11.8 Å². The van der Waals surface area contributed by atoms with Gasteiger partial charge >= 0.3 is 0 Å². The fourth-order valence-corrected chi connectivity index (χ4v) is 1.95. The summed E-state index contributed by atoms with van der Waals surface area (Å²) in [5.41, 5.74) is 2.55. The molecule has 0 fully saturated rings. The van der Waals surface area contributed by atoms with E-state index >= 15 is 0 Å². The first-order chi connectivity index (χ1) is 6.69. The van der Waals surface area contributed by atoms with Crippen LogP contribution in [0.2, 0.25) is 0 Å². The Morgan fingerprint density at radius 2 is 2.29 bits per heavy atom. The second-order valence-corrected chi connectivity index (χ2v) is 3.83. The summed E-state index contributed by atoms with van der Waals surface area (Å²) in [6.45, 7) is 3.84. The molecule has 74 valence electrons. The lowest BCUT2D eigenvalue weighted by Gasteiger charge is -2.06. The number of ether oxygens (including phenoxy) is 1. The number of aryl methyl sites for hydroxylation is 2. The van der Waals surface area contributed by atoms with Crippen molar-refractivity contribution >= 4 is 11.8 Å². The van der Waals surface area contributed by atoms with E-state index in [1.54, 1.807) is 7.11 Å². The smallest absolute Gasteiger partial charge is 0.117 e. The van der Waals surface area contributed by atoms with Crippen LogP contribution in [0.5, 0.6) is 0 Å². The normalized spacial score (nSPS) is 9.86. The number of thioether (sulfide) groups is 1. The van der Waals surface area contributed by atoms with Crippen LogP contribution in [0.25, 0.3) is 0 Å². The van der Waals surface area contributed by atoms with Gasteiger partial charge in [-0.2, -0.15) is 5.26 Å². The van der Waals surface area contributed by atoms with E-state index < -0.39 is 0 Å². The van der Waals surface area contributed by atoms with E-state index in [4.69, 9.17) is 10.00 Å². The Kier molecular flexibility index (Phi) is 3.93. The third-order valence-electron chi connectivity index (χ3n) is 1.74. The van der Waals surface area contributed by atoms with Crippen molar-refractivity contribution in [2.24, 2.45) is 0 Å². The summed E-state index contributed by atoms with van der Waals surface area (Å²) in [5.74, 6) is 0.518. The number of pyridine rings is 1. The van der Waals surface area contributed by atoms with Gasteiger partial charge in [-0.05, 0) is 25.5 Å². The minimum Gasteiger partial charge on any atom is -0.374 e. The summed E-state index contributed by atoms with van der Waals surface area (Å²) in [7, 11) is 1.63. The van der Waals surface area contributed by atoms with Gasteiger partial charge in [-0.3, -0.25) is 0 Å². The van der Waals surface area contributed by atoms with Crippen molar-refractivity contribution in [1.82, 2.24) is 4.98 Å². The zero-order chi connectivity index (χ0) is 10.6. The van der Waals surface area contributed by atoms with Crippen molar-refractivity contribution in [2.45, 2.75) is 18.9 Å². The Hall–Kier alpha value is -1.05. The van der Waals surface area contributed by atoms with Gasteiger partial charge < -0.3 is 4.74 Å². The van der Waals surface area contributed by atoms with E-state index in [0.29, 0.717) is 11.5 Å². The van der Waals surface area contributed by atoms with Gasteiger partial charge in [0.15, 0.2) is 0 Å². The predicted octanol–water partition coefficient (Wildman–Crippen LogP) is 2.27. The number of nitriles is 1. The molecule has 4 heteroatoms. The first kappa shape index (κ1) is 11.0.